The number of nitrogens with two attached hydrogens (primary N) is 1. The van der Waals surface area contributed by atoms with Gasteiger partial charge in [0.2, 0.25) is 0 Å². The average molecular weight is 315 g/mol. The van der Waals surface area contributed by atoms with E-state index in [-0.39, 0.29) is 10.0 Å². The molecule has 0 saturated carbocycles. The molecule has 6 heteroatoms. The molecule has 0 atom stereocenters. The van der Waals surface area contributed by atoms with Crippen LogP contribution in [0, 0.1) is 5.82 Å². The fraction of sp³-hybridized carbons (Fsp3) is 0. The zero-order valence-electron chi connectivity index (χ0n) is 9.58. The lowest BCUT2D eigenvalue weighted by Crippen LogP contribution is -2.12. The number of hydrogen-bond donors (Lipinski definition) is 2. The van der Waals surface area contributed by atoms with Crippen molar-refractivity contribution in [2.75, 3.05) is 5.32 Å². The minimum Gasteiger partial charge on any atom is -0.389 e. The fourth-order valence-corrected chi connectivity index (χ4v) is 2.28. The molecule has 0 radical (unpaired) electrons. The maximum Gasteiger partial charge on any atom is 0.143 e. The van der Waals surface area contributed by atoms with Crippen LogP contribution < -0.4 is 11.1 Å². The SMILES string of the molecule is NC(=S)c1c(Cl)cccc1Nc1ccc(Cl)c(F)c1. The second-order valence-corrected chi connectivity index (χ2v) is 5.03. The summed E-state index contributed by atoms with van der Waals surface area (Å²) in [6, 6.07) is 9.59. The van der Waals surface area contributed by atoms with Crippen molar-refractivity contribution in [2.45, 2.75) is 0 Å². The number of hydrogen-bond acceptors (Lipinski definition) is 2. The van der Waals surface area contributed by atoms with E-state index < -0.39 is 5.82 Å². The predicted molar refractivity (Wildman–Crippen MR) is 82.0 cm³/mol. The van der Waals surface area contributed by atoms with Crippen LogP contribution in [-0.4, -0.2) is 4.99 Å². The Hall–Kier alpha value is -1.36. The fourth-order valence-electron chi connectivity index (χ4n) is 1.61. The first kappa shape index (κ1) is 14.1. The van der Waals surface area contributed by atoms with Crippen LogP contribution in [0.2, 0.25) is 10.0 Å². The van der Waals surface area contributed by atoms with Gasteiger partial charge in [0.15, 0.2) is 0 Å². The molecule has 0 aliphatic heterocycles. The van der Waals surface area contributed by atoms with Crippen molar-refractivity contribution in [3.63, 3.8) is 0 Å². The molecule has 0 amide bonds. The molecular weight excluding hydrogens is 306 g/mol. The first-order chi connectivity index (χ1) is 8.99. The van der Waals surface area contributed by atoms with Gasteiger partial charge in [-0.25, -0.2) is 4.39 Å². The van der Waals surface area contributed by atoms with Crippen molar-refractivity contribution in [3.8, 4) is 0 Å². The second kappa shape index (κ2) is 5.74. The number of anilines is 2. The van der Waals surface area contributed by atoms with Crippen molar-refractivity contribution in [2.24, 2.45) is 5.73 Å². The molecule has 19 heavy (non-hydrogen) atoms. The van der Waals surface area contributed by atoms with E-state index in [0.717, 1.165) is 0 Å². The predicted octanol–water partition coefficient (Wildman–Crippen LogP) is 4.51. The average Bonchev–Trinajstić information content (AvgIpc) is 2.33. The van der Waals surface area contributed by atoms with Gasteiger partial charge in [-0.3, -0.25) is 0 Å². The van der Waals surface area contributed by atoms with E-state index in [1.807, 2.05) is 0 Å². The van der Waals surface area contributed by atoms with E-state index >= 15 is 0 Å². The molecule has 0 aliphatic carbocycles. The summed E-state index contributed by atoms with van der Waals surface area (Å²) in [5.41, 5.74) is 7.30. The van der Waals surface area contributed by atoms with Crippen LogP contribution in [0.4, 0.5) is 15.8 Å². The third-order valence-electron chi connectivity index (χ3n) is 2.46. The molecule has 2 aromatic carbocycles. The van der Waals surface area contributed by atoms with E-state index in [9.17, 15) is 4.39 Å². The Balaban J connectivity index is 2.40. The molecule has 0 saturated heterocycles. The van der Waals surface area contributed by atoms with Crippen molar-refractivity contribution < 1.29 is 4.39 Å². The zero-order chi connectivity index (χ0) is 14.0. The lowest BCUT2D eigenvalue weighted by Gasteiger charge is -2.12. The Bertz CT molecular complexity index is 647. The normalized spacial score (nSPS) is 10.3. The molecule has 0 unspecified atom stereocenters. The summed E-state index contributed by atoms with van der Waals surface area (Å²) in [5, 5.41) is 3.51. The topological polar surface area (TPSA) is 38.0 Å². The minimum absolute atomic E-state index is 0.0613. The van der Waals surface area contributed by atoms with Crippen LogP contribution in [-0.2, 0) is 0 Å². The molecule has 0 aromatic heterocycles. The van der Waals surface area contributed by atoms with Crippen LogP contribution in [0.3, 0.4) is 0 Å². The molecule has 3 N–H and O–H groups in total. The quantitative estimate of drug-likeness (QED) is 0.819. The van der Waals surface area contributed by atoms with Crippen molar-refractivity contribution in [3.05, 3.63) is 57.8 Å². The Kier molecular flexibility index (Phi) is 4.24. The molecule has 0 fully saturated rings. The number of rotatable bonds is 3. The van der Waals surface area contributed by atoms with E-state index in [4.69, 9.17) is 41.2 Å². The van der Waals surface area contributed by atoms with E-state index in [0.29, 0.717) is 22.0 Å². The third kappa shape index (κ3) is 3.15. The third-order valence-corrected chi connectivity index (χ3v) is 3.28. The monoisotopic (exact) mass is 314 g/mol. The van der Waals surface area contributed by atoms with Crippen LogP contribution in [0.5, 0.6) is 0 Å². The van der Waals surface area contributed by atoms with Crippen LogP contribution in [0.15, 0.2) is 36.4 Å². The minimum atomic E-state index is -0.509. The highest BCUT2D eigenvalue weighted by molar-refractivity contribution is 7.80. The first-order valence-electron chi connectivity index (χ1n) is 5.29. The molecule has 0 heterocycles. The summed E-state index contributed by atoms with van der Waals surface area (Å²) < 4.78 is 13.4. The van der Waals surface area contributed by atoms with Gasteiger partial charge < -0.3 is 11.1 Å². The number of thiocarbonyl (C=S) groups is 1. The Morgan fingerprint density at radius 2 is 1.89 bits per heavy atom. The maximum atomic E-state index is 13.4. The summed E-state index contributed by atoms with van der Waals surface area (Å²) in [6.45, 7) is 0. The van der Waals surface area contributed by atoms with Gasteiger partial charge in [0.25, 0.3) is 0 Å². The van der Waals surface area contributed by atoms with Gasteiger partial charge in [-0.2, -0.15) is 0 Å². The lowest BCUT2D eigenvalue weighted by atomic mass is 10.1. The largest absolute Gasteiger partial charge is 0.389 e. The first-order valence-corrected chi connectivity index (χ1v) is 6.46. The van der Waals surface area contributed by atoms with Gasteiger partial charge in [-0.05, 0) is 30.3 Å². The Morgan fingerprint density at radius 3 is 2.53 bits per heavy atom. The van der Waals surface area contributed by atoms with Crippen LogP contribution in [0.1, 0.15) is 5.56 Å². The van der Waals surface area contributed by atoms with Crippen LogP contribution >= 0.6 is 35.4 Å². The molecule has 0 aliphatic rings. The number of nitrogens with one attached hydrogen (secondary N) is 1. The highest BCUT2D eigenvalue weighted by atomic mass is 35.5. The Labute approximate surface area is 125 Å². The summed E-state index contributed by atoms with van der Waals surface area (Å²) >= 11 is 16.6. The molecule has 0 spiro atoms. The molecule has 2 nitrogen and oxygen atoms in total. The van der Waals surface area contributed by atoms with Crippen molar-refractivity contribution >= 4 is 51.8 Å². The lowest BCUT2D eigenvalue weighted by molar-refractivity contribution is 0.629. The summed E-state index contributed by atoms with van der Waals surface area (Å²) in [4.78, 5) is 0.169. The molecule has 2 aromatic rings. The maximum absolute atomic E-state index is 13.4. The van der Waals surface area contributed by atoms with Gasteiger partial charge >= 0.3 is 0 Å². The molecule has 2 rings (SSSR count). The van der Waals surface area contributed by atoms with Crippen molar-refractivity contribution in [1.29, 1.82) is 0 Å². The molecular formula is C13H9Cl2FN2S. The standard InChI is InChI=1S/C13H9Cl2FN2S/c14-8-5-4-7(6-10(8)16)18-11-3-1-2-9(15)12(11)13(17)19/h1-6,18H,(H2,17,19). The van der Waals surface area contributed by atoms with Gasteiger partial charge in [0.1, 0.15) is 10.8 Å². The smallest absolute Gasteiger partial charge is 0.143 e. The van der Waals surface area contributed by atoms with Crippen LogP contribution in [0.25, 0.3) is 0 Å². The van der Waals surface area contributed by atoms with Crippen molar-refractivity contribution in [1.82, 2.24) is 0 Å². The summed E-state index contributed by atoms with van der Waals surface area (Å²) in [5.74, 6) is -0.509. The highest BCUT2D eigenvalue weighted by Crippen LogP contribution is 2.28. The number of halogens is 3. The molecule has 0 bridgehead atoms. The van der Waals surface area contributed by atoms with E-state index in [2.05, 4.69) is 5.32 Å². The van der Waals surface area contributed by atoms with E-state index in [1.54, 1.807) is 24.3 Å². The second-order valence-electron chi connectivity index (χ2n) is 3.78. The van der Waals surface area contributed by atoms with Gasteiger partial charge in [0.05, 0.1) is 21.3 Å². The number of benzene rings is 2. The summed E-state index contributed by atoms with van der Waals surface area (Å²) in [7, 11) is 0. The zero-order valence-corrected chi connectivity index (χ0v) is 11.9. The van der Waals surface area contributed by atoms with Gasteiger partial charge in [-0.15, -0.1) is 0 Å². The van der Waals surface area contributed by atoms with Gasteiger partial charge in [-0.1, -0.05) is 41.5 Å². The van der Waals surface area contributed by atoms with Gasteiger partial charge in [0, 0.05) is 5.69 Å². The summed E-state index contributed by atoms with van der Waals surface area (Å²) in [6.07, 6.45) is 0. The van der Waals surface area contributed by atoms with E-state index in [1.165, 1.54) is 12.1 Å². The highest BCUT2D eigenvalue weighted by Gasteiger charge is 2.10. The Morgan fingerprint density at radius 1 is 1.16 bits per heavy atom. The molecule has 98 valence electrons.